The molecule has 0 bridgehead atoms. The second kappa shape index (κ2) is 2.67. The van der Waals surface area contributed by atoms with E-state index >= 15 is 0 Å². The summed E-state index contributed by atoms with van der Waals surface area (Å²) in [6.45, 7) is 2.26. The smallest absolute Gasteiger partial charge is 0.0360 e. The Bertz CT molecular complexity index is 76.8. The molecule has 1 saturated heterocycles. The highest BCUT2D eigenvalue weighted by atomic mass is 35.5. The molecule has 0 aromatic rings. The Balaban J connectivity index is 2.22. The predicted molar refractivity (Wildman–Crippen MR) is 34.9 cm³/mol. The zero-order valence-corrected chi connectivity index (χ0v) is 5.78. The first-order chi connectivity index (χ1) is 3.83. The molecule has 1 aliphatic rings. The van der Waals surface area contributed by atoms with Crippen LogP contribution >= 0.6 is 11.8 Å². The standard InChI is InChI=1S/C5H11ClN2/c1-8-3-2-5(4-8)7-6/h5,7H,2-4H2,1H3. The highest BCUT2D eigenvalue weighted by Crippen LogP contribution is 2.05. The molecule has 0 aliphatic carbocycles. The third-order valence-corrected chi connectivity index (χ3v) is 1.85. The predicted octanol–water partition coefficient (Wildman–Crippen LogP) is 0.434. The van der Waals surface area contributed by atoms with Gasteiger partial charge in [0.25, 0.3) is 0 Å². The normalized spacial score (nSPS) is 31.5. The molecule has 48 valence electrons. The first-order valence-electron chi connectivity index (χ1n) is 2.87. The van der Waals surface area contributed by atoms with Crippen LogP contribution in [0, 0.1) is 0 Å². The Morgan fingerprint density at radius 1 is 1.75 bits per heavy atom. The Morgan fingerprint density at radius 2 is 2.50 bits per heavy atom. The van der Waals surface area contributed by atoms with Crippen LogP contribution in [0.25, 0.3) is 0 Å². The minimum atomic E-state index is 0.515. The van der Waals surface area contributed by atoms with Gasteiger partial charge in [0.05, 0.1) is 0 Å². The van der Waals surface area contributed by atoms with E-state index in [9.17, 15) is 0 Å². The van der Waals surface area contributed by atoms with Gasteiger partial charge in [0.15, 0.2) is 0 Å². The fourth-order valence-corrected chi connectivity index (χ4v) is 1.20. The molecule has 0 spiro atoms. The minimum absolute atomic E-state index is 0.515. The molecule has 0 amide bonds. The Labute approximate surface area is 54.9 Å². The molecule has 0 aromatic heterocycles. The molecule has 3 heteroatoms. The second-order valence-electron chi connectivity index (χ2n) is 2.36. The molecular formula is C5H11ClN2. The van der Waals surface area contributed by atoms with Crippen LogP contribution in [0.2, 0.25) is 0 Å². The fourth-order valence-electron chi connectivity index (χ4n) is 1.02. The molecule has 1 fully saturated rings. The minimum Gasteiger partial charge on any atom is -0.305 e. The maximum absolute atomic E-state index is 5.40. The Morgan fingerprint density at radius 3 is 2.75 bits per heavy atom. The van der Waals surface area contributed by atoms with Gasteiger partial charge in [-0.15, -0.1) is 0 Å². The Hall–Kier alpha value is 0.210. The summed E-state index contributed by atoms with van der Waals surface area (Å²) in [5.41, 5.74) is 0. The van der Waals surface area contributed by atoms with Gasteiger partial charge in [0, 0.05) is 12.6 Å². The van der Waals surface area contributed by atoms with E-state index in [0.29, 0.717) is 6.04 Å². The van der Waals surface area contributed by atoms with Crippen LogP contribution in [0.4, 0.5) is 0 Å². The molecule has 0 radical (unpaired) electrons. The lowest BCUT2D eigenvalue weighted by molar-refractivity contribution is 0.408. The monoisotopic (exact) mass is 134 g/mol. The van der Waals surface area contributed by atoms with Crippen LogP contribution in [0.5, 0.6) is 0 Å². The van der Waals surface area contributed by atoms with Crippen LogP contribution in [0.15, 0.2) is 0 Å². The lowest BCUT2D eigenvalue weighted by Crippen LogP contribution is -2.24. The third kappa shape index (κ3) is 1.34. The Kier molecular flexibility index (Phi) is 2.11. The van der Waals surface area contributed by atoms with E-state index in [1.807, 2.05) is 0 Å². The van der Waals surface area contributed by atoms with Crippen molar-refractivity contribution in [1.29, 1.82) is 0 Å². The van der Waals surface area contributed by atoms with Gasteiger partial charge in [0.2, 0.25) is 0 Å². The fraction of sp³-hybridized carbons (Fsp3) is 1.00. The van der Waals surface area contributed by atoms with E-state index < -0.39 is 0 Å². The van der Waals surface area contributed by atoms with Gasteiger partial charge in [-0.2, -0.15) is 0 Å². The highest BCUT2D eigenvalue weighted by Gasteiger charge is 2.17. The molecule has 1 rings (SSSR count). The summed E-state index contributed by atoms with van der Waals surface area (Å²) in [6.07, 6.45) is 1.18. The van der Waals surface area contributed by atoms with Crippen LogP contribution < -0.4 is 4.84 Å². The average molecular weight is 135 g/mol. The first-order valence-corrected chi connectivity index (χ1v) is 3.25. The van der Waals surface area contributed by atoms with Crippen molar-refractivity contribution < 1.29 is 0 Å². The molecule has 0 saturated carbocycles. The molecule has 1 atom stereocenters. The van der Waals surface area contributed by atoms with E-state index in [4.69, 9.17) is 11.8 Å². The molecule has 0 aromatic carbocycles. The van der Waals surface area contributed by atoms with Crippen molar-refractivity contribution in [1.82, 2.24) is 9.74 Å². The quantitative estimate of drug-likeness (QED) is 0.524. The molecule has 1 heterocycles. The van der Waals surface area contributed by atoms with Crippen molar-refractivity contribution >= 4 is 11.8 Å². The molecule has 8 heavy (non-hydrogen) atoms. The van der Waals surface area contributed by atoms with Crippen molar-refractivity contribution in [3.05, 3.63) is 0 Å². The first kappa shape index (κ1) is 6.33. The largest absolute Gasteiger partial charge is 0.305 e. The van der Waals surface area contributed by atoms with E-state index in [1.165, 1.54) is 13.0 Å². The van der Waals surface area contributed by atoms with Crippen molar-refractivity contribution in [3.63, 3.8) is 0 Å². The van der Waals surface area contributed by atoms with Gasteiger partial charge in [-0.05, 0) is 31.8 Å². The lowest BCUT2D eigenvalue weighted by atomic mass is 10.3. The second-order valence-corrected chi connectivity index (χ2v) is 2.58. The van der Waals surface area contributed by atoms with Crippen molar-refractivity contribution in [2.24, 2.45) is 0 Å². The summed E-state index contributed by atoms with van der Waals surface area (Å²) in [5.74, 6) is 0. The summed E-state index contributed by atoms with van der Waals surface area (Å²) in [6, 6.07) is 0.515. The molecule has 2 nitrogen and oxygen atoms in total. The number of hydrogen-bond acceptors (Lipinski definition) is 2. The van der Waals surface area contributed by atoms with Crippen LogP contribution in [0.3, 0.4) is 0 Å². The summed E-state index contributed by atoms with van der Waals surface area (Å²) in [4.78, 5) is 4.99. The molecule has 1 N–H and O–H groups in total. The van der Waals surface area contributed by atoms with Crippen molar-refractivity contribution in [2.45, 2.75) is 12.5 Å². The molecule has 1 unspecified atom stereocenters. The van der Waals surface area contributed by atoms with Gasteiger partial charge >= 0.3 is 0 Å². The maximum Gasteiger partial charge on any atom is 0.0360 e. The number of likely N-dealkylation sites (tertiary alicyclic amines) is 1. The van der Waals surface area contributed by atoms with E-state index in [2.05, 4.69) is 16.8 Å². The van der Waals surface area contributed by atoms with Crippen LogP contribution in [-0.2, 0) is 0 Å². The number of nitrogens with one attached hydrogen (secondary N) is 1. The van der Waals surface area contributed by atoms with E-state index in [0.717, 1.165) is 6.54 Å². The lowest BCUT2D eigenvalue weighted by Gasteiger charge is -2.05. The maximum atomic E-state index is 5.40. The number of nitrogens with zero attached hydrogens (tertiary/aromatic N) is 1. The van der Waals surface area contributed by atoms with Gasteiger partial charge in [0.1, 0.15) is 0 Å². The zero-order chi connectivity index (χ0) is 5.98. The van der Waals surface area contributed by atoms with Gasteiger partial charge in [-0.25, -0.2) is 4.84 Å². The highest BCUT2D eigenvalue weighted by molar-refractivity contribution is 6.13. The average Bonchev–Trinajstić information content (AvgIpc) is 2.14. The zero-order valence-electron chi connectivity index (χ0n) is 5.02. The van der Waals surface area contributed by atoms with Crippen LogP contribution in [0.1, 0.15) is 6.42 Å². The number of hydrogen-bond donors (Lipinski definition) is 1. The third-order valence-electron chi connectivity index (χ3n) is 1.55. The van der Waals surface area contributed by atoms with Crippen molar-refractivity contribution in [2.75, 3.05) is 20.1 Å². The molecular weight excluding hydrogens is 124 g/mol. The summed E-state index contributed by atoms with van der Waals surface area (Å²) in [5, 5.41) is 0. The number of likely N-dealkylation sites (N-methyl/N-ethyl adjacent to an activating group) is 1. The molecule has 1 aliphatic heterocycles. The summed E-state index contributed by atoms with van der Waals surface area (Å²) >= 11 is 5.40. The van der Waals surface area contributed by atoms with E-state index in [-0.39, 0.29) is 0 Å². The summed E-state index contributed by atoms with van der Waals surface area (Å²) < 4.78 is 0. The SMILES string of the molecule is CN1CCC(NCl)C1. The number of rotatable bonds is 1. The van der Waals surface area contributed by atoms with Crippen molar-refractivity contribution in [3.8, 4) is 0 Å². The van der Waals surface area contributed by atoms with Crippen LogP contribution in [-0.4, -0.2) is 31.1 Å². The number of halogens is 1. The topological polar surface area (TPSA) is 15.3 Å². The van der Waals surface area contributed by atoms with E-state index in [1.54, 1.807) is 0 Å². The van der Waals surface area contributed by atoms with Gasteiger partial charge in [-0.1, -0.05) is 0 Å². The summed E-state index contributed by atoms with van der Waals surface area (Å²) in [7, 11) is 2.11. The van der Waals surface area contributed by atoms with Gasteiger partial charge in [-0.3, -0.25) is 0 Å². The van der Waals surface area contributed by atoms with Gasteiger partial charge < -0.3 is 4.90 Å².